The van der Waals surface area contributed by atoms with Crippen molar-refractivity contribution in [2.24, 2.45) is 0 Å². The van der Waals surface area contributed by atoms with Gasteiger partial charge in [-0.3, -0.25) is 4.79 Å². The summed E-state index contributed by atoms with van der Waals surface area (Å²) in [5.41, 5.74) is 9.15. The van der Waals surface area contributed by atoms with Crippen LogP contribution in [0.15, 0.2) is 12.1 Å². The molecule has 1 amide bonds. The van der Waals surface area contributed by atoms with E-state index in [0.717, 1.165) is 11.3 Å². The normalized spacial score (nSPS) is 12.8. The van der Waals surface area contributed by atoms with E-state index in [9.17, 15) is 10.1 Å². The Balaban J connectivity index is 2.34. The fourth-order valence-corrected chi connectivity index (χ4v) is 3.48. The molecule has 2 N–H and O–H groups in total. The largest absolute Gasteiger partial charge is 0.496 e. The molecule has 0 atom stereocenters. The summed E-state index contributed by atoms with van der Waals surface area (Å²) in [6.07, 6.45) is 0.563. The Morgan fingerprint density at radius 2 is 1.82 bits per heavy atom. The number of rotatable bonds is 4. The zero-order chi connectivity index (χ0) is 20.4. The number of carbonyl (C=O) groups excluding carboxylic acids is 1. The van der Waals surface area contributed by atoms with Crippen molar-refractivity contribution in [3.05, 3.63) is 29.0 Å². The van der Waals surface area contributed by atoms with Gasteiger partial charge in [-0.1, -0.05) is 0 Å². The molecular formula is C20H22N4O4. The van der Waals surface area contributed by atoms with Gasteiger partial charge in [0.15, 0.2) is 11.5 Å². The van der Waals surface area contributed by atoms with Crippen LogP contribution in [0.3, 0.4) is 0 Å². The van der Waals surface area contributed by atoms with Gasteiger partial charge in [-0.2, -0.15) is 5.26 Å². The number of hydrogen-bond acceptors (Lipinski definition) is 7. The van der Waals surface area contributed by atoms with Crippen LogP contribution >= 0.6 is 0 Å². The number of nitriles is 1. The monoisotopic (exact) mass is 382 g/mol. The van der Waals surface area contributed by atoms with E-state index >= 15 is 0 Å². The van der Waals surface area contributed by atoms with E-state index in [2.05, 4.69) is 11.1 Å². The predicted octanol–water partition coefficient (Wildman–Crippen LogP) is 2.13. The number of carbonyl (C=O) groups is 1. The van der Waals surface area contributed by atoms with E-state index in [1.807, 2.05) is 0 Å². The van der Waals surface area contributed by atoms with Gasteiger partial charge in [0.25, 0.3) is 0 Å². The Morgan fingerprint density at radius 1 is 1.18 bits per heavy atom. The van der Waals surface area contributed by atoms with Crippen molar-refractivity contribution in [3.8, 4) is 34.4 Å². The Hall–Kier alpha value is -3.47. The summed E-state index contributed by atoms with van der Waals surface area (Å²) in [4.78, 5) is 18.1. The molecule has 28 heavy (non-hydrogen) atoms. The van der Waals surface area contributed by atoms with Crippen LogP contribution in [0.5, 0.6) is 17.2 Å². The van der Waals surface area contributed by atoms with Gasteiger partial charge in [0.05, 0.1) is 27.0 Å². The molecule has 0 saturated heterocycles. The van der Waals surface area contributed by atoms with Crippen molar-refractivity contribution in [1.29, 1.82) is 5.26 Å². The minimum Gasteiger partial charge on any atom is -0.496 e. The average Bonchev–Trinajstić information content (AvgIpc) is 2.71. The number of methoxy groups -OCH3 is 3. The van der Waals surface area contributed by atoms with Crippen molar-refractivity contribution in [3.63, 3.8) is 0 Å². The molecule has 1 aromatic carbocycles. The van der Waals surface area contributed by atoms with Gasteiger partial charge in [0.2, 0.25) is 5.91 Å². The highest BCUT2D eigenvalue weighted by atomic mass is 16.5. The molecule has 8 nitrogen and oxygen atoms in total. The van der Waals surface area contributed by atoms with Gasteiger partial charge < -0.3 is 24.8 Å². The Morgan fingerprint density at radius 3 is 2.39 bits per heavy atom. The standard InChI is InChI=1S/C20H22N4O4/c1-11(25)24-6-5-15-14(10-24)19(13(9-21)20(22)23-15)12-7-17(27-3)18(28-4)8-16(12)26-2/h7-8H,5-6,10H2,1-4H3,(H2,22,23). The second kappa shape index (κ2) is 7.64. The van der Waals surface area contributed by atoms with E-state index < -0.39 is 0 Å². The first-order valence-corrected chi connectivity index (χ1v) is 8.72. The number of benzene rings is 1. The number of ether oxygens (including phenoxy) is 3. The molecule has 0 aliphatic carbocycles. The van der Waals surface area contributed by atoms with Crippen LogP contribution in [-0.2, 0) is 17.8 Å². The molecule has 0 spiro atoms. The molecule has 0 bridgehead atoms. The minimum absolute atomic E-state index is 0.0359. The van der Waals surface area contributed by atoms with Gasteiger partial charge in [-0.25, -0.2) is 4.98 Å². The van der Waals surface area contributed by atoms with Gasteiger partial charge in [0, 0.05) is 49.2 Å². The highest BCUT2D eigenvalue weighted by Crippen LogP contribution is 2.44. The first-order valence-electron chi connectivity index (χ1n) is 8.72. The molecular weight excluding hydrogens is 360 g/mol. The number of nitrogens with zero attached hydrogens (tertiary/aromatic N) is 3. The van der Waals surface area contributed by atoms with Crippen molar-refractivity contribution in [1.82, 2.24) is 9.88 Å². The van der Waals surface area contributed by atoms with E-state index in [1.165, 1.54) is 28.3 Å². The maximum Gasteiger partial charge on any atom is 0.219 e. The summed E-state index contributed by atoms with van der Waals surface area (Å²) >= 11 is 0. The number of anilines is 1. The maximum atomic E-state index is 11.9. The minimum atomic E-state index is -0.0359. The summed E-state index contributed by atoms with van der Waals surface area (Å²) in [5, 5.41) is 9.78. The Bertz CT molecular complexity index is 981. The maximum absolute atomic E-state index is 11.9. The second-order valence-corrected chi connectivity index (χ2v) is 6.38. The number of hydrogen-bond donors (Lipinski definition) is 1. The molecule has 2 heterocycles. The predicted molar refractivity (Wildman–Crippen MR) is 103 cm³/mol. The third kappa shape index (κ3) is 3.16. The molecule has 8 heteroatoms. The van der Waals surface area contributed by atoms with Crippen LogP contribution in [0.2, 0.25) is 0 Å². The number of pyridine rings is 1. The number of amides is 1. The summed E-state index contributed by atoms with van der Waals surface area (Å²) in [7, 11) is 4.61. The zero-order valence-corrected chi connectivity index (χ0v) is 16.3. The second-order valence-electron chi connectivity index (χ2n) is 6.38. The van der Waals surface area contributed by atoms with Crippen molar-refractivity contribution in [2.75, 3.05) is 33.6 Å². The van der Waals surface area contributed by atoms with Crippen LogP contribution < -0.4 is 19.9 Å². The van der Waals surface area contributed by atoms with Gasteiger partial charge in [-0.15, -0.1) is 0 Å². The van der Waals surface area contributed by atoms with Crippen LogP contribution in [0, 0.1) is 11.3 Å². The number of fused-ring (bicyclic) bond motifs is 1. The fraction of sp³-hybridized carbons (Fsp3) is 0.350. The van der Waals surface area contributed by atoms with Crippen LogP contribution in [0.1, 0.15) is 23.7 Å². The van der Waals surface area contributed by atoms with Gasteiger partial charge in [-0.05, 0) is 6.07 Å². The van der Waals surface area contributed by atoms with Crippen LogP contribution in [0.25, 0.3) is 11.1 Å². The zero-order valence-electron chi connectivity index (χ0n) is 16.3. The number of nitrogens with two attached hydrogens (primary N) is 1. The van der Waals surface area contributed by atoms with Crippen LogP contribution in [-0.4, -0.2) is 43.7 Å². The lowest BCUT2D eigenvalue weighted by molar-refractivity contribution is -0.129. The topological polar surface area (TPSA) is 111 Å². The Kier molecular flexibility index (Phi) is 5.27. The van der Waals surface area contributed by atoms with E-state index in [-0.39, 0.29) is 17.3 Å². The van der Waals surface area contributed by atoms with Gasteiger partial charge >= 0.3 is 0 Å². The third-order valence-electron chi connectivity index (χ3n) is 4.91. The quantitative estimate of drug-likeness (QED) is 0.862. The average molecular weight is 382 g/mol. The molecule has 1 aliphatic heterocycles. The number of nitrogen functional groups attached to an aromatic ring is 1. The van der Waals surface area contributed by atoms with Crippen molar-refractivity contribution < 1.29 is 19.0 Å². The molecule has 1 aromatic heterocycles. The lowest BCUT2D eigenvalue weighted by Gasteiger charge is -2.30. The highest BCUT2D eigenvalue weighted by molar-refractivity contribution is 5.85. The highest BCUT2D eigenvalue weighted by Gasteiger charge is 2.28. The molecule has 0 unspecified atom stereocenters. The summed E-state index contributed by atoms with van der Waals surface area (Å²) in [6.45, 7) is 2.43. The molecule has 0 fully saturated rings. The third-order valence-corrected chi connectivity index (χ3v) is 4.91. The summed E-state index contributed by atoms with van der Waals surface area (Å²) < 4.78 is 16.3. The first kappa shape index (κ1) is 19.3. The van der Waals surface area contributed by atoms with E-state index in [4.69, 9.17) is 19.9 Å². The van der Waals surface area contributed by atoms with Crippen molar-refractivity contribution in [2.45, 2.75) is 19.9 Å². The summed E-state index contributed by atoms with van der Waals surface area (Å²) in [6, 6.07) is 5.60. The molecule has 3 rings (SSSR count). The lowest BCUT2D eigenvalue weighted by Crippen LogP contribution is -2.35. The first-order chi connectivity index (χ1) is 13.4. The molecule has 2 aromatic rings. The molecule has 1 aliphatic rings. The molecule has 0 saturated carbocycles. The van der Waals surface area contributed by atoms with E-state index in [1.54, 1.807) is 17.0 Å². The molecule has 146 valence electrons. The SMILES string of the molecule is COc1cc(OC)c(-c2c(C#N)c(N)nc3c2CN(C(C)=O)CC3)cc1OC. The molecule has 0 radical (unpaired) electrons. The lowest BCUT2D eigenvalue weighted by atomic mass is 9.90. The Labute approximate surface area is 163 Å². The van der Waals surface area contributed by atoms with E-state index in [0.29, 0.717) is 47.9 Å². The summed E-state index contributed by atoms with van der Waals surface area (Å²) in [5.74, 6) is 1.62. The van der Waals surface area contributed by atoms with Gasteiger partial charge in [0.1, 0.15) is 23.2 Å². The van der Waals surface area contributed by atoms with Crippen LogP contribution in [0.4, 0.5) is 5.82 Å². The fourth-order valence-electron chi connectivity index (χ4n) is 3.48. The smallest absolute Gasteiger partial charge is 0.219 e. The number of aromatic nitrogens is 1. The van der Waals surface area contributed by atoms with Crippen molar-refractivity contribution >= 4 is 11.7 Å².